The van der Waals surface area contributed by atoms with Gasteiger partial charge in [0, 0.05) is 4.47 Å². The third-order valence-electron chi connectivity index (χ3n) is 2.34. The quantitative estimate of drug-likeness (QED) is 0.754. The first-order valence-electron chi connectivity index (χ1n) is 5.53. The van der Waals surface area contributed by atoms with Crippen molar-refractivity contribution in [3.05, 3.63) is 71.4 Å². The van der Waals surface area contributed by atoms with Gasteiger partial charge in [0.25, 0.3) is 0 Å². The van der Waals surface area contributed by atoms with Crippen molar-refractivity contribution < 1.29 is 9.47 Å². The predicted octanol–water partition coefficient (Wildman–Crippen LogP) is 4.55. The highest BCUT2D eigenvalue weighted by Crippen LogP contribution is 2.19. The Bertz CT molecular complexity index is 520. The van der Waals surface area contributed by atoms with E-state index in [4.69, 9.17) is 9.47 Å². The van der Waals surface area contributed by atoms with Crippen molar-refractivity contribution in [1.82, 2.24) is 0 Å². The molecule has 18 heavy (non-hydrogen) atoms. The van der Waals surface area contributed by atoms with Crippen molar-refractivity contribution in [2.45, 2.75) is 6.61 Å². The summed E-state index contributed by atoms with van der Waals surface area (Å²) in [5, 5.41) is 0. The molecule has 0 unspecified atom stereocenters. The Morgan fingerprint density at radius 3 is 2.50 bits per heavy atom. The summed E-state index contributed by atoms with van der Waals surface area (Å²) in [5.74, 6) is 1.62. The van der Waals surface area contributed by atoms with Crippen LogP contribution in [0, 0.1) is 0 Å². The smallest absolute Gasteiger partial charge is 0.126 e. The molecule has 0 amide bonds. The molecule has 0 aliphatic heterocycles. The molecule has 0 saturated carbocycles. The molecule has 0 spiro atoms. The van der Waals surface area contributed by atoms with E-state index in [9.17, 15) is 0 Å². The van der Waals surface area contributed by atoms with Gasteiger partial charge in [-0.25, -0.2) is 0 Å². The van der Waals surface area contributed by atoms with Gasteiger partial charge in [-0.3, -0.25) is 0 Å². The molecule has 2 rings (SSSR count). The highest BCUT2D eigenvalue weighted by Gasteiger charge is 1.97. The molecule has 0 aliphatic rings. The molecule has 0 N–H and O–H groups in total. The van der Waals surface area contributed by atoms with Crippen LogP contribution in [-0.4, -0.2) is 0 Å². The average molecular weight is 305 g/mol. The standard InChI is InChI=1S/C15H13BrO2/c1-2-17-14-8-6-12(7-9-14)11-18-15-5-3-4-13(16)10-15/h2-10H,1,11H2. The van der Waals surface area contributed by atoms with E-state index >= 15 is 0 Å². The second kappa shape index (κ2) is 6.26. The lowest BCUT2D eigenvalue weighted by atomic mass is 10.2. The summed E-state index contributed by atoms with van der Waals surface area (Å²) >= 11 is 3.41. The second-order valence-corrected chi connectivity index (χ2v) is 4.59. The molecule has 2 nitrogen and oxygen atoms in total. The van der Waals surface area contributed by atoms with E-state index in [0.29, 0.717) is 6.61 Å². The second-order valence-electron chi connectivity index (χ2n) is 3.67. The van der Waals surface area contributed by atoms with E-state index < -0.39 is 0 Å². The van der Waals surface area contributed by atoms with Gasteiger partial charge in [0.15, 0.2) is 0 Å². The first-order chi connectivity index (χ1) is 8.78. The molecule has 0 saturated heterocycles. The van der Waals surface area contributed by atoms with Crippen molar-refractivity contribution >= 4 is 15.9 Å². The summed E-state index contributed by atoms with van der Waals surface area (Å²) in [6.07, 6.45) is 1.41. The minimum atomic E-state index is 0.533. The first kappa shape index (κ1) is 12.7. The number of ether oxygens (including phenoxy) is 2. The van der Waals surface area contributed by atoms with Crippen LogP contribution in [0.2, 0.25) is 0 Å². The van der Waals surface area contributed by atoms with Gasteiger partial charge in [-0.1, -0.05) is 40.7 Å². The Hall–Kier alpha value is -1.74. The van der Waals surface area contributed by atoms with Gasteiger partial charge >= 0.3 is 0 Å². The summed E-state index contributed by atoms with van der Waals surface area (Å²) in [5.41, 5.74) is 1.09. The van der Waals surface area contributed by atoms with Gasteiger partial charge in [0.1, 0.15) is 18.1 Å². The third-order valence-corrected chi connectivity index (χ3v) is 2.84. The zero-order valence-corrected chi connectivity index (χ0v) is 11.4. The van der Waals surface area contributed by atoms with Crippen LogP contribution in [0.15, 0.2) is 65.8 Å². The molecule has 0 atom stereocenters. The van der Waals surface area contributed by atoms with Crippen LogP contribution in [0.3, 0.4) is 0 Å². The van der Waals surface area contributed by atoms with Crippen LogP contribution >= 0.6 is 15.9 Å². The zero-order chi connectivity index (χ0) is 12.8. The van der Waals surface area contributed by atoms with Gasteiger partial charge in [-0.15, -0.1) is 0 Å². The molecular weight excluding hydrogens is 292 g/mol. The molecule has 0 aliphatic carbocycles. The Morgan fingerprint density at radius 2 is 1.83 bits per heavy atom. The van der Waals surface area contributed by atoms with Crippen LogP contribution < -0.4 is 9.47 Å². The Morgan fingerprint density at radius 1 is 1.06 bits per heavy atom. The molecule has 0 bridgehead atoms. The van der Waals surface area contributed by atoms with Crippen LogP contribution in [0.5, 0.6) is 11.5 Å². The Labute approximate surface area is 115 Å². The van der Waals surface area contributed by atoms with Crippen molar-refractivity contribution in [3.63, 3.8) is 0 Å². The number of hydrogen-bond donors (Lipinski definition) is 0. The van der Waals surface area contributed by atoms with Crippen molar-refractivity contribution in [3.8, 4) is 11.5 Å². The monoisotopic (exact) mass is 304 g/mol. The molecule has 0 radical (unpaired) electrons. The van der Waals surface area contributed by atoms with Gasteiger partial charge in [0.05, 0.1) is 6.26 Å². The number of halogens is 1. The number of rotatable bonds is 5. The molecule has 0 heterocycles. The van der Waals surface area contributed by atoms with Crippen molar-refractivity contribution in [1.29, 1.82) is 0 Å². The minimum Gasteiger partial charge on any atom is -0.489 e. The Balaban J connectivity index is 1.95. The summed E-state index contributed by atoms with van der Waals surface area (Å²) < 4.78 is 11.8. The number of benzene rings is 2. The van der Waals surface area contributed by atoms with Gasteiger partial charge in [0.2, 0.25) is 0 Å². The largest absolute Gasteiger partial charge is 0.489 e. The zero-order valence-electron chi connectivity index (χ0n) is 9.80. The molecule has 2 aromatic carbocycles. The predicted molar refractivity (Wildman–Crippen MR) is 75.7 cm³/mol. The first-order valence-corrected chi connectivity index (χ1v) is 6.32. The summed E-state index contributed by atoms with van der Waals surface area (Å²) in [4.78, 5) is 0. The van der Waals surface area contributed by atoms with Crippen molar-refractivity contribution in [2.24, 2.45) is 0 Å². The highest BCUT2D eigenvalue weighted by molar-refractivity contribution is 9.10. The van der Waals surface area contributed by atoms with E-state index in [2.05, 4.69) is 22.5 Å². The average Bonchev–Trinajstić information content (AvgIpc) is 2.38. The topological polar surface area (TPSA) is 18.5 Å². The van der Waals surface area contributed by atoms with E-state index in [0.717, 1.165) is 21.5 Å². The van der Waals surface area contributed by atoms with Crippen LogP contribution in [0.1, 0.15) is 5.56 Å². The fourth-order valence-electron chi connectivity index (χ4n) is 1.48. The van der Waals surface area contributed by atoms with Crippen molar-refractivity contribution in [2.75, 3.05) is 0 Å². The lowest BCUT2D eigenvalue weighted by molar-refractivity contribution is 0.306. The molecule has 0 fully saturated rings. The minimum absolute atomic E-state index is 0.533. The summed E-state index contributed by atoms with van der Waals surface area (Å²) in [6, 6.07) is 15.5. The normalized spacial score (nSPS) is 9.83. The lowest BCUT2D eigenvalue weighted by Crippen LogP contribution is -1.95. The molecule has 3 heteroatoms. The maximum atomic E-state index is 5.68. The maximum absolute atomic E-state index is 5.68. The summed E-state index contributed by atoms with van der Waals surface area (Å²) in [7, 11) is 0. The van der Waals surface area contributed by atoms with Crippen LogP contribution in [0.4, 0.5) is 0 Å². The fourth-order valence-corrected chi connectivity index (χ4v) is 1.86. The summed E-state index contributed by atoms with van der Waals surface area (Å²) in [6.45, 7) is 4.04. The Kier molecular flexibility index (Phi) is 4.42. The third kappa shape index (κ3) is 3.64. The molecule has 92 valence electrons. The van der Waals surface area contributed by atoms with Gasteiger partial charge in [-0.2, -0.15) is 0 Å². The van der Waals surface area contributed by atoms with E-state index in [1.54, 1.807) is 0 Å². The molecule has 2 aromatic rings. The number of hydrogen-bond acceptors (Lipinski definition) is 2. The van der Waals surface area contributed by atoms with Crippen LogP contribution in [0.25, 0.3) is 0 Å². The maximum Gasteiger partial charge on any atom is 0.126 e. The highest BCUT2D eigenvalue weighted by atomic mass is 79.9. The lowest BCUT2D eigenvalue weighted by Gasteiger charge is -2.07. The molecular formula is C15H13BrO2. The SMILES string of the molecule is C=COc1ccc(COc2cccc(Br)c2)cc1. The van der Waals surface area contributed by atoms with E-state index in [-0.39, 0.29) is 0 Å². The van der Waals surface area contributed by atoms with E-state index in [1.165, 1.54) is 6.26 Å². The van der Waals surface area contributed by atoms with E-state index in [1.807, 2.05) is 48.5 Å². The van der Waals surface area contributed by atoms with Crippen LogP contribution in [-0.2, 0) is 6.61 Å². The van der Waals surface area contributed by atoms with Gasteiger partial charge in [-0.05, 0) is 35.9 Å². The molecule has 0 aromatic heterocycles. The van der Waals surface area contributed by atoms with Gasteiger partial charge < -0.3 is 9.47 Å². The fraction of sp³-hybridized carbons (Fsp3) is 0.0667.